The number of ether oxygens (including phenoxy) is 1. The van der Waals surface area contributed by atoms with Gasteiger partial charge in [-0.25, -0.2) is 9.78 Å². The van der Waals surface area contributed by atoms with Gasteiger partial charge in [0.25, 0.3) is 0 Å². The summed E-state index contributed by atoms with van der Waals surface area (Å²) >= 11 is 1.46. The number of aryl methyl sites for hydroxylation is 1. The molecule has 1 aliphatic heterocycles. The highest BCUT2D eigenvalue weighted by molar-refractivity contribution is 7.15. The molecule has 31 heavy (non-hydrogen) atoms. The standard InChI is InChI=1S/C24H25N3O3S/c1-17-9-11-18(12-10-17)14-20-15-25-23(31-20)26-22(28)21-8-5-13-27(21)24(29)30-16-19-6-3-2-4-7-19/h2-4,6-7,9-12,15,21H,5,8,13-14,16H2,1H3,(H,25,26,28)/t21-/m0/s1. The predicted molar refractivity (Wildman–Crippen MR) is 121 cm³/mol. The smallest absolute Gasteiger partial charge is 0.410 e. The first-order chi connectivity index (χ1) is 15.1. The van der Waals surface area contributed by atoms with Crippen LogP contribution in [-0.4, -0.2) is 34.5 Å². The topological polar surface area (TPSA) is 71.5 Å². The van der Waals surface area contributed by atoms with E-state index in [9.17, 15) is 9.59 Å². The van der Waals surface area contributed by atoms with Crippen molar-refractivity contribution in [2.75, 3.05) is 11.9 Å². The quantitative estimate of drug-likeness (QED) is 0.605. The Labute approximate surface area is 185 Å². The van der Waals surface area contributed by atoms with Crippen LogP contribution in [0.1, 0.15) is 34.4 Å². The van der Waals surface area contributed by atoms with Crippen LogP contribution in [0.15, 0.2) is 60.8 Å². The molecule has 2 aromatic carbocycles. The van der Waals surface area contributed by atoms with E-state index in [2.05, 4.69) is 41.5 Å². The van der Waals surface area contributed by atoms with E-state index in [0.29, 0.717) is 18.1 Å². The minimum absolute atomic E-state index is 0.194. The molecule has 2 heterocycles. The molecule has 160 valence electrons. The van der Waals surface area contributed by atoms with Gasteiger partial charge in [0.15, 0.2) is 5.13 Å². The highest BCUT2D eigenvalue weighted by Gasteiger charge is 2.35. The number of thiazole rings is 1. The lowest BCUT2D eigenvalue weighted by Crippen LogP contribution is -2.43. The van der Waals surface area contributed by atoms with Crippen molar-refractivity contribution >= 4 is 28.5 Å². The van der Waals surface area contributed by atoms with E-state index in [1.54, 1.807) is 6.20 Å². The first-order valence-corrected chi connectivity index (χ1v) is 11.2. The number of aromatic nitrogens is 1. The number of carbonyl (C=O) groups is 2. The monoisotopic (exact) mass is 435 g/mol. The molecule has 6 nitrogen and oxygen atoms in total. The Balaban J connectivity index is 1.32. The third-order valence-corrected chi connectivity index (χ3v) is 6.19. The summed E-state index contributed by atoms with van der Waals surface area (Å²) in [7, 11) is 0. The molecule has 2 amide bonds. The van der Waals surface area contributed by atoms with Gasteiger partial charge < -0.3 is 10.1 Å². The Morgan fingerprint density at radius 2 is 1.90 bits per heavy atom. The number of rotatable bonds is 6. The van der Waals surface area contributed by atoms with Crippen LogP contribution in [0.25, 0.3) is 0 Å². The van der Waals surface area contributed by atoms with Gasteiger partial charge in [0.2, 0.25) is 5.91 Å². The van der Waals surface area contributed by atoms with Crippen molar-refractivity contribution in [3.05, 3.63) is 82.4 Å². The highest BCUT2D eigenvalue weighted by atomic mass is 32.1. The minimum atomic E-state index is -0.535. The second-order valence-electron chi connectivity index (χ2n) is 7.67. The van der Waals surface area contributed by atoms with E-state index >= 15 is 0 Å². The summed E-state index contributed by atoms with van der Waals surface area (Å²) in [6, 6.07) is 17.4. The van der Waals surface area contributed by atoms with E-state index in [-0.39, 0.29) is 12.5 Å². The Morgan fingerprint density at radius 3 is 2.68 bits per heavy atom. The number of benzene rings is 2. The molecule has 0 aliphatic carbocycles. The van der Waals surface area contributed by atoms with Crippen LogP contribution in [0.4, 0.5) is 9.93 Å². The predicted octanol–water partition coefficient (Wildman–Crippen LogP) is 4.78. The van der Waals surface area contributed by atoms with Gasteiger partial charge in [-0.3, -0.25) is 9.69 Å². The molecule has 0 bridgehead atoms. The van der Waals surface area contributed by atoms with Crippen molar-refractivity contribution in [2.45, 2.75) is 38.8 Å². The van der Waals surface area contributed by atoms with E-state index in [0.717, 1.165) is 23.3 Å². The van der Waals surface area contributed by atoms with Gasteiger partial charge in [-0.1, -0.05) is 60.2 Å². The fourth-order valence-electron chi connectivity index (χ4n) is 3.60. The average molecular weight is 436 g/mol. The van der Waals surface area contributed by atoms with Crippen LogP contribution >= 0.6 is 11.3 Å². The summed E-state index contributed by atoms with van der Waals surface area (Å²) in [5, 5.41) is 3.43. The van der Waals surface area contributed by atoms with Gasteiger partial charge in [-0.2, -0.15) is 0 Å². The summed E-state index contributed by atoms with van der Waals surface area (Å²) in [5.74, 6) is -0.217. The lowest BCUT2D eigenvalue weighted by atomic mass is 10.1. The summed E-state index contributed by atoms with van der Waals surface area (Å²) in [6.45, 7) is 2.77. The van der Waals surface area contributed by atoms with Crippen LogP contribution in [0.5, 0.6) is 0 Å². The van der Waals surface area contributed by atoms with E-state index < -0.39 is 12.1 Å². The average Bonchev–Trinajstić information content (AvgIpc) is 3.44. The van der Waals surface area contributed by atoms with Gasteiger partial charge in [0.1, 0.15) is 12.6 Å². The van der Waals surface area contributed by atoms with E-state index in [4.69, 9.17) is 4.74 Å². The van der Waals surface area contributed by atoms with Crippen molar-refractivity contribution in [2.24, 2.45) is 0 Å². The summed E-state index contributed by atoms with van der Waals surface area (Å²) < 4.78 is 5.42. The normalized spacial score (nSPS) is 15.6. The number of nitrogens with zero attached hydrogens (tertiary/aromatic N) is 2. The van der Waals surface area contributed by atoms with Crippen LogP contribution in [0.3, 0.4) is 0 Å². The molecule has 0 unspecified atom stereocenters. The van der Waals surface area contributed by atoms with Gasteiger partial charge >= 0.3 is 6.09 Å². The minimum Gasteiger partial charge on any atom is -0.445 e. The van der Waals surface area contributed by atoms with Crippen molar-refractivity contribution < 1.29 is 14.3 Å². The molecule has 1 aliphatic rings. The maximum atomic E-state index is 12.8. The fourth-order valence-corrected chi connectivity index (χ4v) is 4.45. The van der Waals surface area contributed by atoms with Gasteiger partial charge in [-0.05, 0) is 30.9 Å². The van der Waals surface area contributed by atoms with Crippen LogP contribution < -0.4 is 5.32 Å². The maximum absolute atomic E-state index is 12.8. The molecule has 1 aromatic heterocycles. The molecule has 1 fully saturated rings. The number of carbonyl (C=O) groups excluding carboxylic acids is 2. The van der Waals surface area contributed by atoms with Gasteiger partial charge in [0.05, 0.1) is 0 Å². The van der Waals surface area contributed by atoms with Crippen molar-refractivity contribution in [3.8, 4) is 0 Å². The molecule has 1 atom stereocenters. The third kappa shape index (κ3) is 5.49. The SMILES string of the molecule is Cc1ccc(Cc2cnc(NC(=O)[C@@H]3CCCN3C(=O)OCc3ccccc3)s2)cc1. The number of hydrogen-bond acceptors (Lipinski definition) is 5. The molecule has 1 saturated heterocycles. The summed E-state index contributed by atoms with van der Waals surface area (Å²) in [6.07, 6.45) is 3.50. The van der Waals surface area contributed by atoms with Crippen molar-refractivity contribution in [3.63, 3.8) is 0 Å². The fraction of sp³-hybridized carbons (Fsp3) is 0.292. The highest BCUT2D eigenvalue weighted by Crippen LogP contribution is 2.24. The largest absolute Gasteiger partial charge is 0.445 e. The molecule has 3 aromatic rings. The van der Waals surface area contributed by atoms with Crippen LogP contribution in [0, 0.1) is 6.92 Å². The Kier molecular flexibility index (Phi) is 6.62. The first kappa shape index (κ1) is 21.1. The Bertz CT molecular complexity index is 1030. The Morgan fingerprint density at radius 1 is 1.13 bits per heavy atom. The summed E-state index contributed by atoms with van der Waals surface area (Å²) in [5.41, 5.74) is 3.35. The second-order valence-corrected chi connectivity index (χ2v) is 8.79. The number of anilines is 1. The number of likely N-dealkylation sites (tertiary alicyclic amines) is 1. The second kappa shape index (κ2) is 9.75. The molecule has 4 rings (SSSR count). The molecule has 0 spiro atoms. The van der Waals surface area contributed by atoms with Crippen LogP contribution in [-0.2, 0) is 22.6 Å². The molecule has 0 saturated carbocycles. The zero-order valence-electron chi connectivity index (χ0n) is 17.4. The molecular formula is C24H25N3O3S. The van der Waals surface area contributed by atoms with Gasteiger partial charge in [-0.15, -0.1) is 11.3 Å². The number of amides is 2. The number of hydrogen-bond donors (Lipinski definition) is 1. The van der Waals surface area contributed by atoms with E-state index in [1.807, 2.05) is 30.3 Å². The summed E-state index contributed by atoms with van der Waals surface area (Å²) in [4.78, 5) is 32.3. The molecule has 1 N–H and O–H groups in total. The zero-order chi connectivity index (χ0) is 21.6. The van der Waals surface area contributed by atoms with Crippen molar-refractivity contribution in [1.29, 1.82) is 0 Å². The number of nitrogens with one attached hydrogen (secondary N) is 1. The van der Waals surface area contributed by atoms with Crippen molar-refractivity contribution in [1.82, 2.24) is 9.88 Å². The van der Waals surface area contributed by atoms with Crippen LogP contribution in [0.2, 0.25) is 0 Å². The first-order valence-electron chi connectivity index (χ1n) is 10.4. The molecular weight excluding hydrogens is 410 g/mol. The molecule has 7 heteroatoms. The molecule has 0 radical (unpaired) electrons. The van der Waals surface area contributed by atoms with Gasteiger partial charge in [0, 0.05) is 24.0 Å². The zero-order valence-corrected chi connectivity index (χ0v) is 18.2. The maximum Gasteiger partial charge on any atom is 0.410 e. The Hall–Kier alpha value is -3.19. The van der Waals surface area contributed by atoms with E-state index in [1.165, 1.54) is 27.4 Å². The lowest BCUT2D eigenvalue weighted by Gasteiger charge is -2.22. The third-order valence-electron chi connectivity index (χ3n) is 5.28. The lowest BCUT2D eigenvalue weighted by molar-refractivity contribution is -0.120.